The highest BCUT2D eigenvalue weighted by atomic mass is 32.2. The number of fused-ring (bicyclic) bond motifs is 1. The van der Waals surface area contributed by atoms with E-state index in [1.165, 1.54) is 10.5 Å². The maximum Gasteiger partial charge on any atom is 0.312 e. The van der Waals surface area contributed by atoms with Gasteiger partial charge in [0.1, 0.15) is 5.92 Å². The molecule has 0 aromatic heterocycles. The lowest BCUT2D eigenvalue weighted by atomic mass is 10.0. The molecule has 0 saturated heterocycles. The Kier molecular flexibility index (Phi) is 3.88. The van der Waals surface area contributed by atoms with Gasteiger partial charge in [-0.25, -0.2) is 0 Å². The van der Waals surface area contributed by atoms with Gasteiger partial charge in [0, 0.05) is 23.7 Å². The average molecular weight is 299 g/mol. The van der Waals surface area contributed by atoms with Gasteiger partial charge in [-0.1, -0.05) is 30.3 Å². The third-order valence-corrected chi connectivity index (χ3v) is 4.63. The number of rotatable bonds is 4. The van der Waals surface area contributed by atoms with Crippen molar-refractivity contribution in [2.45, 2.75) is 17.4 Å². The number of para-hydroxylation sites is 1. The fourth-order valence-electron chi connectivity index (χ4n) is 2.80. The van der Waals surface area contributed by atoms with E-state index in [1.54, 1.807) is 11.8 Å². The molecule has 1 aliphatic rings. The predicted molar refractivity (Wildman–Crippen MR) is 86.1 cm³/mol. The molecule has 4 heteroatoms. The summed E-state index contributed by atoms with van der Waals surface area (Å²) < 4.78 is 0. The molecule has 1 N–H and O–H groups in total. The molecule has 0 amide bonds. The lowest BCUT2D eigenvalue weighted by Crippen LogP contribution is -2.24. The summed E-state index contributed by atoms with van der Waals surface area (Å²) in [5, 5.41) is 9.38. The van der Waals surface area contributed by atoms with Gasteiger partial charge >= 0.3 is 5.97 Å². The van der Waals surface area contributed by atoms with Gasteiger partial charge in [-0.3, -0.25) is 4.79 Å². The van der Waals surface area contributed by atoms with E-state index in [0.717, 1.165) is 17.8 Å². The lowest BCUT2D eigenvalue weighted by Gasteiger charge is -2.19. The van der Waals surface area contributed by atoms with E-state index in [4.69, 9.17) is 0 Å². The number of benzene rings is 2. The Morgan fingerprint density at radius 3 is 2.62 bits per heavy atom. The molecule has 0 bridgehead atoms. The molecular formula is C17H17NO2S. The molecule has 0 spiro atoms. The SMILES string of the molecule is CSc1ccc(CN2CC(C(=O)O)c3ccccc32)cc1. The Hall–Kier alpha value is -1.94. The van der Waals surface area contributed by atoms with Gasteiger partial charge in [-0.2, -0.15) is 0 Å². The Labute approximate surface area is 128 Å². The van der Waals surface area contributed by atoms with Crippen molar-refractivity contribution in [1.82, 2.24) is 0 Å². The standard InChI is InChI=1S/C17H17NO2S/c1-21-13-8-6-12(7-9-13)10-18-11-15(17(19)20)14-4-2-3-5-16(14)18/h2-9,15H,10-11H2,1H3,(H,19,20). The summed E-state index contributed by atoms with van der Waals surface area (Å²) in [4.78, 5) is 14.8. The zero-order valence-corrected chi connectivity index (χ0v) is 12.6. The normalized spacial score (nSPS) is 16.8. The summed E-state index contributed by atoms with van der Waals surface area (Å²) in [7, 11) is 0. The minimum Gasteiger partial charge on any atom is -0.481 e. The van der Waals surface area contributed by atoms with E-state index in [0.29, 0.717) is 6.54 Å². The highest BCUT2D eigenvalue weighted by Gasteiger charge is 2.32. The number of aliphatic carboxylic acids is 1. The van der Waals surface area contributed by atoms with Crippen molar-refractivity contribution in [1.29, 1.82) is 0 Å². The van der Waals surface area contributed by atoms with Crippen molar-refractivity contribution < 1.29 is 9.90 Å². The second-order valence-electron chi connectivity index (χ2n) is 5.18. The second kappa shape index (κ2) is 5.82. The van der Waals surface area contributed by atoms with Crippen molar-refractivity contribution in [2.75, 3.05) is 17.7 Å². The molecular weight excluding hydrogens is 282 g/mol. The summed E-state index contributed by atoms with van der Waals surface area (Å²) >= 11 is 1.72. The van der Waals surface area contributed by atoms with Crippen LogP contribution in [0.5, 0.6) is 0 Å². The molecule has 1 atom stereocenters. The van der Waals surface area contributed by atoms with Crippen LogP contribution in [0.15, 0.2) is 53.4 Å². The number of carboxylic acids is 1. The predicted octanol–water partition coefficient (Wildman–Crippen LogP) is 3.60. The topological polar surface area (TPSA) is 40.5 Å². The quantitative estimate of drug-likeness (QED) is 0.876. The highest BCUT2D eigenvalue weighted by Crippen LogP contribution is 2.37. The van der Waals surface area contributed by atoms with Crippen LogP contribution in [0.1, 0.15) is 17.0 Å². The fraction of sp³-hybridized carbons (Fsp3) is 0.235. The molecule has 0 aliphatic carbocycles. The van der Waals surface area contributed by atoms with Gasteiger partial charge in [0.25, 0.3) is 0 Å². The largest absolute Gasteiger partial charge is 0.481 e. The van der Waals surface area contributed by atoms with E-state index in [-0.39, 0.29) is 0 Å². The Balaban J connectivity index is 1.84. The van der Waals surface area contributed by atoms with Crippen LogP contribution in [0.2, 0.25) is 0 Å². The van der Waals surface area contributed by atoms with Crippen LogP contribution in [0, 0.1) is 0 Å². The molecule has 3 nitrogen and oxygen atoms in total. The van der Waals surface area contributed by atoms with Crippen LogP contribution in [-0.4, -0.2) is 23.9 Å². The maximum absolute atomic E-state index is 11.4. The average Bonchev–Trinajstić information content (AvgIpc) is 2.87. The van der Waals surface area contributed by atoms with Crippen molar-refractivity contribution in [3.8, 4) is 0 Å². The molecule has 2 aromatic rings. The van der Waals surface area contributed by atoms with Crippen LogP contribution in [0.3, 0.4) is 0 Å². The molecule has 2 aromatic carbocycles. The molecule has 1 unspecified atom stereocenters. The number of carboxylic acid groups (broad SMARTS) is 1. The Bertz CT molecular complexity index is 654. The summed E-state index contributed by atoms with van der Waals surface area (Å²) in [5.74, 6) is -1.17. The van der Waals surface area contributed by atoms with E-state index in [2.05, 4.69) is 35.4 Å². The Morgan fingerprint density at radius 2 is 1.95 bits per heavy atom. The number of hydrogen-bond acceptors (Lipinski definition) is 3. The summed E-state index contributed by atoms with van der Waals surface area (Å²) in [6, 6.07) is 16.2. The van der Waals surface area contributed by atoms with Gasteiger partial charge in [0.05, 0.1) is 0 Å². The number of hydrogen-bond donors (Lipinski definition) is 1. The minimum atomic E-state index is -0.748. The van der Waals surface area contributed by atoms with Crippen molar-refractivity contribution >= 4 is 23.4 Å². The van der Waals surface area contributed by atoms with E-state index in [1.807, 2.05) is 24.3 Å². The van der Waals surface area contributed by atoms with Gasteiger partial charge < -0.3 is 10.0 Å². The zero-order chi connectivity index (χ0) is 14.8. The molecule has 1 heterocycles. The van der Waals surface area contributed by atoms with Crippen molar-refractivity contribution in [3.05, 3.63) is 59.7 Å². The molecule has 1 aliphatic heterocycles. The minimum absolute atomic E-state index is 0.424. The summed E-state index contributed by atoms with van der Waals surface area (Å²) in [5.41, 5.74) is 3.17. The first-order valence-electron chi connectivity index (χ1n) is 6.88. The Morgan fingerprint density at radius 1 is 1.24 bits per heavy atom. The van der Waals surface area contributed by atoms with Crippen molar-refractivity contribution in [3.63, 3.8) is 0 Å². The number of nitrogens with zero attached hydrogens (tertiary/aromatic N) is 1. The number of carbonyl (C=O) groups is 1. The highest BCUT2D eigenvalue weighted by molar-refractivity contribution is 7.98. The first kappa shape index (κ1) is 14.0. The summed E-state index contributed by atoms with van der Waals surface area (Å²) in [6.07, 6.45) is 2.06. The van der Waals surface area contributed by atoms with Gasteiger partial charge in [-0.05, 0) is 35.6 Å². The van der Waals surface area contributed by atoms with E-state index < -0.39 is 11.9 Å². The number of anilines is 1. The first-order valence-corrected chi connectivity index (χ1v) is 8.11. The molecule has 108 valence electrons. The van der Waals surface area contributed by atoms with Crippen LogP contribution in [0.25, 0.3) is 0 Å². The summed E-state index contributed by atoms with van der Waals surface area (Å²) in [6.45, 7) is 1.29. The van der Waals surface area contributed by atoms with Crippen LogP contribution >= 0.6 is 11.8 Å². The molecule has 0 radical (unpaired) electrons. The molecule has 21 heavy (non-hydrogen) atoms. The number of thioether (sulfide) groups is 1. The third-order valence-electron chi connectivity index (χ3n) is 3.89. The lowest BCUT2D eigenvalue weighted by molar-refractivity contribution is -0.138. The van der Waals surface area contributed by atoms with Crippen LogP contribution in [-0.2, 0) is 11.3 Å². The van der Waals surface area contributed by atoms with E-state index >= 15 is 0 Å². The van der Waals surface area contributed by atoms with E-state index in [9.17, 15) is 9.90 Å². The molecule has 3 rings (SSSR count). The van der Waals surface area contributed by atoms with Gasteiger partial charge in [0.15, 0.2) is 0 Å². The third kappa shape index (κ3) is 2.76. The monoisotopic (exact) mass is 299 g/mol. The van der Waals surface area contributed by atoms with Gasteiger partial charge in [0.2, 0.25) is 0 Å². The first-order chi connectivity index (χ1) is 10.2. The molecule has 0 fully saturated rings. The van der Waals surface area contributed by atoms with Crippen molar-refractivity contribution in [2.24, 2.45) is 0 Å². The maximum atomic E-state index is 11.4. The van der Waals surface area contributed by atoms with Gasteiger partial charge in [-0.15, -0.1) is 11.8 Å². The smallest absolute Gasteiger partial charge is 0.312 e. The fourth-order valence-corrected chi connectivity index (χ4v) is 3.21. The molecule has 0 saturated carbocycles. The van der Waals surface area contributed by atoms with Crippen LogP contribution < -0.4 is 4.90 Å². The zero-order valence-electron chi connectivity index (χ0n) is 11.8. The van der Waals surface area contributed by atoms with Crippen LogP contribution in [0.4, 0.5) is 5.69 Å². The second-order valence-corrected chi connectivity index (χ2v) is 6.06.